The summed E-state index contributed by atoms with van der Waals surface area (Å²) in [5.74, 6) is 0.821. The molecule has 15 heavy (non-hydrogen) atoms. The number of rotatable bonds is 3. The van der Waals surface area contributed by atoms with Crippen LogP contribution in [0.3, 0.4) is 0 Å². The Balaban J connectivity index is 2.23. The third-order valence-corrected chi connectivity index (χ3v) is 3.40. The number of nitrogen functional groups attached to an aromatic ring is 1. The van der Waals surface area contributed by atoms with Crippen molar-refractivity contribution in [2.45, 2.75) is 25.3 Å². The van der Waals surface area contributed by atoms with Crippen molar-refractivity contribution in [2.75, 3.05) is 19.8 Å². The first-order chi connectivity index (χ1) is 7.18. The van der Waals surface area contributed by atoms with Crippen molar-refractivity contribution >= 4 is 5.69 Å². The minimum absolute atomic E-state index is 0.544. The summed E-state index contributed by atoms with van der Waals surface area (Å²) in [6.45, 7) is 0. The van der Waals surface area contributed by atoms with Gasteiger partial charge in [-0.25, -0.2) is 0 Å². The highest BCUT2D eigenvalue weighted by Crippen LogP contribution is 2.40. The molecule has 2 rings (SSSR count). The fraction of sp³-hybridized carbons (Fsp3) is 0.538. The zero-order valence-corrected chi connectivity index (χ0v) is 9.61. The Morgan fingerprint density at radius 1 is 1.33 bits per heavy atom. The average Bonchev–Trinajstić information content (AvgIpc) is 2.10. The summed E-state index contributed by atoms with van der Waals surface area (Å²) in [5.41, 5.74) is 8.08. The van der Waals surface area contributed by atoms with Crippen LogP contribution >= 0.6 is 0 Å². The number of nitrogens with zero attached hydrogens (tertiary/aromatic N) is 1. The van der Waals surface area contributed by atoms with Gasteiger partial charge in [0.2, 0.25) is 0 Å². The lowest BCUT2D eigenvalue weighted by Gasteiger charge is -2.38. The molecule has 1 fully saturated rings. The molecule has 2 N–H and O–H groups in total. The molecular formula is C13H20N2. The van der Waals surface area contributed by atoms with E-state index in [9.17, 15) is 0 Å². The van der Waals surface area contributed by atoms with Crippen LogP contribution in [-0.2, 0) is 0 Å². The summed E-state index contributed by atoms with van der Waals surface area (Å²) in [6.07, 6.45) is 4.10. The molecule has 1 saturated carbocycles. The quantitative estimate of drug-likeness (QED) is 0.767. The lowest BCUT2D eigenvalue weighted by atomic mass is 9.76. The molecule has 1 atom stereocenters. The van der Waals surface area contributed by atoms with Gasteiger partial charge in [0.05, 0.1) is 0 Å². The molecule has 1 unspecified atom stereocenters. The van der Waals surface area contributed by atoms with E-state index in [2.05, 4.69) is 37.2 Å². The second kappa shape index (κ2) is 4.23. The second-order valence-corrected chi connectivity index (χ2v) is 4.77. The monoisotopic (exact) mass is 204 g/mol. The van der Waals surface area contributed by atoms with Crippen molar-refractivity contribution in [1.82, 2.24) is 4.90 Å². The molecule has 82 valence electrons. The molecule has 1 aromatic rings. The van der Waals surface area contributed by atoms with E-state index in [1.165, 1.54) is 24.8 Å². The molecule has 1 aliphatic rings. The van der Waals surface area contributed by atoms with Crippen molar-refractivity contribution in [3.8, 4) is 0 Å². The van der Waals surface area contributed by atoms with E-state index in [4.69, 9.17) is 5.73 Å². The maximum atomic E-state index is 5.84. The van der Waals surface area contributed by atoms with Gasteiger partial charge in [-0.2, -0.15) is 0 Å². The van der Waals surface area contributed by atoms with E-state index in [1.54, 1.807) is 0 Å². The highest BCUT2D eigenvalue weighted by molar-refractivity contribution is 5.42. The largest absolute Gasteiger partial charge is 0.399 e. The highest BCUT2D eigenvalue weighted by atomic mass is 15.1. The molecule has 0 bridgehead atoms. The SMILES string of the molecule is CN(C)C(c1cccc(N)c1)C1CCC1. The Morgan fingerprint density at radius 3 is 2.53 bits per heavy atom. The van der Waals surface area contributed by atoms with Crippen LogP contribution in [0.1, 0.15) is 30.9 Å². The van der Waals surface area contributed by atoms with Gasteiger partial charge in [0.25, 0.3) is 0 Å². The molecule has 0 saturated heterocycles. The number of anilines is 1. The predicted octanol–water partition coefficient (Wildman–Crippen LogP) is 2.67. The predicted molar refractivity (Wildman–Crippen MR) is 64.6 cm³/mol. The van der Waals surface area contributed by atoms with Gasteiger partial charge in [-0.3, -0.25) is 0 Å². The Morgan fingerprint density at radius 2 is 2.07 bits per heavy atom. The molecule has 0 heterocycles. The fourth-order valence-corrected chi connectivity index (χ4v) is 2.49. The molecule has 2 nitrogen and oxygen atoms in total. The normalized spacial score (nSPS) is 18.9. The van der Waals surface area contributed by atoms with E-state index < -0.39 is 0 Å². The Hall–Kier alpha value is -1.02. The zero-order valence-electron chi connectivity index (χ0n) is 9.61. The molecular weight excluding hydrogens is 184 g/mol. The van der Waals surface area contributed by atoms with Gasteiger partial charge in [-0.1, -0.05) is 18.6 Å². The van der Waals surface area contributed by atoms with Gasteiger partial charge in [0, 0.05) is 11.7 Å². The smallest absolute Gasteiger partial charge is 0.0370 e. The summed E-state index contributed by atoms with van der Waals surface area (Å²) < 4.78 is 0. The van der Waals surface area contributed by atoms with Crippen LogP contribution in [0.25, 0.3) is 0 Å². The molecule has 1 aliphatic carbocycles. The van der Waals surface area contributed by atoms with Crippen molar-refractivity contribution < 1.29 is 0 Å². The number of benzene rings is 1. The summed E-state index contributed by atoms with van der Waals surface area (Å²) in [5, 5.41) is 0. The highest BCUT2D eigenvalue weighted by Gasteiger charge is 2.29. The minimum Gasteiger partial charge on any atom is -0.399 e. The van der Waals surface area contributed by atoms with E-state index in [-0.39, 0.29) is 0 Å². The zero-order chi connectivity index (χ0) is 10.8. The summed E-state index contributed by atoms with van der Waals surface area (Å²) in [4.78, 5) is 2.32. The van der Waals surface area contributed by atoms with Crippen molar-refractivity contribution in [2.24, 2.45) is 5.92 Å². The van der Waals surface area contributed by atoms with Gasteiger partial charge in [0.1, 0.15) is 0 Å². The van der Waals surface area contributed by atoms with Crippen LogP contribution in [0, 0.1) is 5.92 Å². The molecule has 2 heteroatoms. The van der Waals surface area contributed by atoms with E-state index in [0.29, 0.717) is 6.04 Å². The van der Waals surface area contributed by atoms with Gasteiger partial charge < -0.3 is 10.6 Å². The van der Waals surface area contributed by atoms with Crippen LogP contribution in [0.5, 0.6) is 0 Å². The summed E-state index contributed by atoms with van der Waals surface area (Å²) in [6, 6.07) is 8.86. The maximum Gasteiger partial charge on any atom is 0.0370 e. The first kappa shape index (κ1) is 10.5. The van der Waals surface area contributed by atoms with Gasteiger partial charge in [0.15, 0.2) is 0 Å². The van der Waals surface area contributed by atoms with Crippen LogP contribution in [0.15, 0.2) is 24.3 Å². The summed E-state index contributed by atoms with van der Waals surface area (Å²) in [7, 11) is 4.32. The topological polar surface area (TPSA) is 29.3 Å². The van der Waals surface area contributed by atoms with Crippen LogP contribution in [0.4, 0.5) is 5.69 Å². The van der Waals surface area contributed by atoms with Gasteiger partial charge in [-0.05, 0) is 50.6 Å². The Labute approximate surface area is 92.1 Å². The van der Waals surface area contributed by atoms with Crippen molar-refractivity contribution in [1.29, 1.82) is 0 Å². The van der Waals surface area contributed by atoms with Crippen molar-refractivity contribution in [3.05, 3.63) is 29.8 Å². The van der Waals surface area contributed by atoms with Gasteiger partial charge >= 0.3 is 0 Å². The minimum atomic E-state index is 0.544. The van der Waals surface area contributed by atoms with Gasteiger partial charge in [-0.15, -0.1) is 0 Å². The lowest BCUT2D eigenvalue weighted by Crippen LogP contribution is -2.31. The molecule has 0 aromatic heterocycles. The first-order valence-corrected chi connectivity index (χ1v) is 5.70. The fourth-order valence-electron chi connectivity index (χ4n) is 2.49. The first-order valence-electron chi connectivity index (χ1n) is 5.70. The third-order valence-electron chi connectivity index (χ3n) is 3.40. The standard InChI is InChI=1S/C13H20N2/c1-15(2)13(10-5-3-6-10)11-7-4-8-12(14)9-11/h4,7-10,13H,3,5-6,14H2,1-2H3. The third kappa shape index (κ3) is 2.15. The van der Waals surface area contributed by atoms with E-state index in [0.717, 1.165) is 11.6 Å². The van der Waals surface area contributed by atoms with Crippen LogP contribution < -0.4 is 5.73 Å². The average molecular weight is 204 g/mol. The van der Waals surface area contributed by atoms with Crippen LogP contribution in [-0.4, -0.2) is 19.0 Å². The number of hydrogen-bond acceptors (Lipinski definition) is 2. The molecule has 0 spiro atoms. The van der Waals surface area contributed by atoms with Crippen LogP contribution in [0.2, 0.25) is 0 Å². The molecule has 0 amide bonds. The van der Waals surface area contributed by atoms with E-state index >= 15 is 0 Å². The Bertz CT molecular complexity index is 329. The second-order valence-electron chi connectivity index (χ2n) is 4.77. The Kier molecular flexibility index (Phi) is 2.96. The molecule has 0 radical (unpaired) electrons. The number of nitrogens with two attached hydrogens (primary N) is 1. The molecule has 1 aromatic carbocycles. The van der Waals surface area contributed by atoms with E-state index in [1.807, 2.05) is 6.07 Å². The van der Waals surface area contributed by atoms with Crippen molar-refractivity contribution in [3.63, 3.8) is 0 Å². The summed E-state index contributed by atoms with van der Waals surface area (Å²) >= 11 is 0. The maximum absolute atomic E-state index is 5.84. The molecule has 0 aliphatic heterocycles. The lowest BCUT2D eigenvalue weighted by molar-refractivity contribution is 0.142. The number of hydrogen-bond donors (Lipinski definition) is 1.